The van der Waals surface area contributed by atoms with Crippen LogP contribution in [0.15, 0.2) is 59.7 Å². The summed E-state index contributed by atoms with van der Waals surface area (Å²) in [6.07, 6.45) is 1.73. The Morgan fingerprint density at radius 3 is 2.70 bits per heavy atom. The first kappa shape index (κ1) is 17.2. The quantitative estimate of drug-likeness (QED) is 0.358. The van der Waals surface area contributed by atoms with Gasteiger partial charge in [0.1, 0.15) is 16.4 Å². The minimum atomic E-state index is -0.427. The highest BCUT2D eigenvalue weighted by Crippen LogP contribution is 2.37. The van der Waals surface area contributed by atoms with Crippen molar-refractivity contribution in [3.05, 3.63) is 86.8 Å². The van der Waals surface area contributed by atoms with Gasteiger partial charge in [0.05, 0.1) is 5.56 Å². The monoisotopic (exact) mass is 376 g/mol. The molecule has 1 aliphatic heterocycles. The van der Waals surface area contributed by atoms with E-state index in [1.165, 1.54) is 11.3 Å². The van der Waals surface area contributed by atoms with E-state index in [4.69, 9.17) is 9.47 Å². The summed E-state index contributed by atoms with van der Waals surface area (Å²) in [5, 5.41) is 1.81. The smallest absolute Gasteiger partial charge is 0.353 e. The van der Waals surface area contributed by atoms with Gasteiger partial charge < -0.3 is 9.47 Å². The van der Waals surface area contributed by atoms with E-state index in [2.05, 4.69) is 0 Å². The highest BCUT2D eigenvalue weighted by atomic mass is 32.1. The average molecular weight is 376 g/mol. The zero-order valence-electron chi connectivity index (χ0n) is 14.8. The summed E-state index contributed by atoms with van der Waals surface area (Å²) in [5.41, 5.74) is 3.21. The number of carbonyl (C=O) groups is 2. The number of Topliss-reactive ketones (excluding diaryl/α,β-unsaturated/α-hetero) is 1. The molecule has 0 N–H and O–H groups in total. The second-order valence-corrected chi connectivity index (χ2v) is 7.28. The standard InChI is InChI=1S/C22H16O4S/c1-13-5-3-6-15(9-13)11-18-21(23)20-14(2)10-16(12-17(20)26-18)25-22(24)19-7-4-8-27-19/h3-12H,1-2H3/b18-11-. The SMILES string of the molecule is Cc1cccc(/C=C2\Oc3cc(OC(=O)c4cccs4)cc(C)c3C2=O)c1. The molecule has 0 unspecified atom stereocenters. The highest BCUT2D eigenvalue weighted by molar-refractivity contribution is 7.12. The number of hydrogen-bond acceptors (Lipinski definition) is 5. The van der Waals surface area contributed by atoms with Crippen LogP contribution in [0.1, 0.15) is 36.7 Å². The Labute approximate surface area is 160 Å². The minimum absolute atomic E-state index is 0.167. The molecule has 134 valence electrons. The molecule has 1 aromatic heterocycles. The Bertz CT molecular complexity index is 1080. The fraction of sp³-hybridized carbons (Fsp3) is 0.0909. The van der Waals surface area contributed by atoms with E-state index in [0.29, 0.717) is 27.5 Å². The third-order valence-corrected chi connectivity index (χ3v) is 5.07. The van der Waals surface area contributed by atoms with Crippen molar-refractivity contribution < 1.29 is 19.1 Å². The summed E-state index contributed by atoms with van der Waals surface area (Å²) in [7, 11) is 0. The molecule has 0 saturated carbocycles. The Morgan fingerprint density at radius 1 is 1.11 bits per heavy atom. The van der Waals surface area contributed by atoms with Crippen molar-refractivity contribution >= 4 is 29.2 Å². The second kappa shape index (κ2) is 6.85. The summed E-state index contributed by atoms with van der Waals surface area (Å²) < 4.78 is 11.2. The third kappa shape index (κ3) is 3.41. The number of allylic oxidation sites excluding steroid dienone is 1. The number of fused-ring (bicyclic) bond motifs is 1. The number of hydrogen-bond donors (Lipinski definition) is 0. The molecular formula is C22H16O4S. The summed E-state index contributed by atoms with van der Waals surface area (Å²) in [6.45, 7) is 3.80. The zero-order chi connectivity index (χ0) is 19.0. The molecule has 4 nitrogen and oxygen atoms in total. The molecular weight excluding hydrogens is 360 g/mol. The van der Waals surface area contributed by atoms with Crippen LogP contribution in [0.3, 0.4) is 0 Å². The molecule has 0 fully saturated rings. The van der Waals surface area contributed by atoms with Crippen LogP contribution >= 0.6 is 11.3 Å². The van der Waals surface area contributed by atoms with Gasteiger partial charge in [-0.25, -0.2) is 4.79 Å². The van der Waals surface area contributed by atoms with Crippen LogP contribution in [0.4, 0.5) is 0 Å². The van der Waals surface area contributed by atoms with Crippen molar-refractivity contribution in [2.45, 2.75) is 13.8 Å². The van der Waals surface area contributed by atoms with Gasteiger partial charge in [-0.05, 0) is 48.6 Å². The normalized spacial score (nSPS) is 14.1. The molecule has 3 aromatic rings. The lowest BCUT2D eigenvalue weighted by Gasteiger charge is -2.06. The average Bonchev–Trinajstić information content (AvgIpc) is 3.24. The molecule has 0 atom stereocenters. The lowest BCUT2D eigenvalue weighted by Crippen LogP contribution is -2.06. The summed E-state index contributed by atoms with van der Waals surface area (Å²) in [5.74, 6) is 0.437. The minimum Gasteiger partial charge on any atom is -0.452 e. The van der Waals surface area contributed by atoms with E-state index in [1.54, 1.807) is 37.3 Å². The van der Waals surface area contributed by atoms with E-state index < -0.39 is 5.97 Å². The third-order valence-electron chi connectivity index (χ3n) is 4.22. The van der Waals surface area contributed by atoms with E-state index in [0.717, 1.165) is 11.1 Å². The Kier molecular flexibility index (Phi) is 4.38. The number of ketones is 1. The molecule has 0 aliphatic carbocycles. The first-order chi connectivity index (χ1) is 13.0. The van der Waals surface area contributed by atoms with Crippen molar-refractivity contribution in [2.75, 3.05) is 0 Å². The van der Waals surface area contributed by atoms with Gasteiger partial charge in [0.25, 0.3) is 0 Å². The number of esters is 1. The van der Waals surface area contributed by atoms with Crippen LogP contribution < -0.4 is 9.47 Å². The van der Waals surface area contributed by atoms with Crippen molar-refractivity contribution in [1.29, 1.82) is 0 Å². The molecule has 27 heavy (non-hydrogen) atoms. The van der Waals surface area contributed by atoms with E-state index >= 15 is 0 Å². The zero-order valence-corrected chi connectivity index (χ0v) is 15.6. The van der Waals surface area contributed by atoms with Crippen molar-refractivity contribution in [2.24, 2.45) is 0 Å². The van der Waals surface area contributed by atoms with Crippen LogP contribution in [0.25, 0.3) is 6.08 Å². The number of carbonyl (C=O) groups excluding carboxylic acids is 2. The van der Waals surface area contributed by atoms with Crippen LogP contribution in [-0.4, -0.2) is 11.8 Å². The van der Waals surface area contributed by atoms with Gasteiger partial charge in [-0.2, -0.15) is 0 Å². The van der Waals surface area contributed by atoms with Crippen molar-refractivity contribution in [1.82, 2.24) is 0 Å². The molecule has 5 heteroatoms. The number of rotatable bonds is 3. The number of benzene rings is 2. The molecule has 0 amide bonds. The molecule has 4 rings (SSSR count). The van der Waals surface area contributed by atoms with Gasteiger partial charge >= 0.3 is 5.97 Å². The van der Waals surface area contributed by atoms with E-state index in [-0.39, 0.29) is 11.5 Å². The molecule has 0 radical (unpaired) electrons. The van der Waals surface area contributed by atoms with Gasteiger partial charge in [0.2, 0.25) is 5.78 Å². The maximum Gasteiger partial charge on any atom is 0.353 e. The van der Waals surface area contributed by atoms with Gasteiger partial charge in [0.15, 0.2) is 5.76 Å². The topological polar surface area (TPSA) is 52.6 Å². The summed E-state index contributed by atoms with van der Waals surface area (Å²) in [6, 6.07) is 14.6. The van der Waals surface area contributed by atoms with E-state index in [9.17, 15) is 9.59 Å². The first-order valence-corrected chi connectivity index (χ1v) is 9.30. The highest BCUT2D eigenvalue weighted by Gasteiger charge is 2.30. The molecule has 1 aliphatic rings. The predicted octanol–water partition coefficient (Wildman–Crippen LogP) is 5.20. The lowest BCUT2D eigenvalue weighted by atomic mass is 10.0. The van der Waals surface area contributed by atoms with Gasteiger partial charge in [-0.1, -0.05) is 35.9 Å². The fourth-order valence-electron chi connectivity index (χ4n) is 3.00. The maximum absolute atomic E-state index is 12.7. The predicted molar refractivity (Wildman–Crippen MR) is 105 cm³/mol. The van der Waals surface area contributed by atoms with Gasteiger partial charge in [-0.3, -0.25) is 4.79 Å². The van der Waals surface area contributed by atoms with Crippen LogP contribution in [0, 0.1) is 13.8 Å². The maximum atomic E-state index is 12.7. The molecule has 0 bridgehead atoms. The number of ether oxygens (including phenoxy) is 2. The van der Waals surface area contributed by atoms with Crippen molar-refractivity contribution in [3.8, 4) is 11.5 Å². The Morgan fingerprint density at radius 2 is 1.96 bits per heavy atom. The summed E-state index contributed by atoms with van der Waals surface area (Å²) >= 11 is 1.31. The fourth-order valence-corrected chi connectivity index (χ4v) is 3.60. The first-order valence-electron chi connectivity index (χ1n) is 8.42. The Balaban J connectivity index is 1.63. The van der Waals surface area contributed by atoms with Crippen LogP contribution in [0.2, 0.25) is 0 Å². The van der Waals surface area contributed by atoms with Crippen LogP contribution in [0.5, 0.6) is 11.5 Å². The van der Waals surface area contributed by atoms with Gasteiger partial charge in [0, 0.05) is 6.07 Å². The van der Waals surface area contributed by atoms with E-state index in [1.807, 2.05) is 36.6 Å². The number of aryl methyl sites for hydroxylation is 2. The van der Waals surface area contributed by atoms with Crippen LogP contribution in [-0.2, 0) is 0 Å². The molecule has 2 aromatic carbocycles. The largest absolute Gasteiger partial charge is 0.452 e. The molecule has 2 heterocycles. The summed E-state index contributed by atoms with van der Waals surface area (Å²) in [4.78, 5) is 25.4. The Hall–Kier alpha value is -3.18. The molecule has 0 saturated heterocycles. The number of thiophene rings is 1. The van der Waals surface area contributed by atoms with Crippen molar-refractivity contribution in [3.63, 3.8) is 0 Å². The molecule has 0 spiro atoms. The lowest BCUT2D eigenvalue weighted by molar-refractivity contribution is 0.0739. The second-order valence-electron chi connectivity index (χ2n) is 6.33. The van der Waals surface area contributed by atoms with Gasteiger partial charge in [-0.15, -0.1) is 11.3 Å².